The van der Waals surface area contributed by atoms with Gasteiger partial charge in [-0.2, -0.15) is 4.98 Å². The zero-order valence-corrected chi connectivity index (χ0v) is 16.1. The van der Waals surface area contributed by atoms with Gasteiger partial charge in [0.1, 0.15) is 5.75 Å². The van der Waals surface area contributed by atoms with Crippen LogP contribution in [0.25, 0.3) is 11.4 Å². The maximum Gasteiger partial charge on any atom is 0.246 e. The second-order valence-electron chi connectivity index (χ2n) is 5.80. The van der Waals surface area contributed by atoms with E-state index in [0.29, 0.717) is 18.1 Å². The van der Waals surface area contributed by atoms with E-state index in [0.717, 1.165) is 21.3 Å². The fourth-order valence-electron chi connectivity index (χ4n) is 2.45. The van der Waals surface area contributed by atoms with Gasteiger partial charge >= 0.3 is 0 Å². The number of benzene rings is 2. The van der Waals surface area contributed by atoms with Crippen molar-refractivity contribution in [3.63, 3.8) is 0 Å². The highest BCUT2D eigenvalue weighted by Gasteiger charge is 2.15. The van der Waals surface area contributed by atoms with Crippen molar-refractivity contribution >= 4 is 21.8 Å². The predicted molar refractivity (Wildman–Crippen MR) is 101 cm³/mol. The zero-order valence-electron chi connectivity index (χ0n) is 14.5. The van der Waals surface area contributed by atoms with Crippen molar-refractivity contribution in [1.82, 2.24) is 15.0 Å². The summed E-state index contributed by atoms with van der Waals surface area (Å²) in [5.41, 5.74) is 1.74. The van der Waals surface area contributed by atoms with Crippen molar-refractivity contribution < 1.29 is 14.1 Å². The Labute approximate surface area is 159 Å². The minimum atomic E-state index is -0.0239. The highest BCUT2D eigenvalue weighted by Crippen LogP contribution is 2.21. The van der Waals surface area contributed by atoms with Crippen LogP contribution in [-0.4, -0.2) is 35.1 Å². The molecule has 6 nitrogen and oxygen atoms in total. The number of hydrogen-bond donors (Lipinski definition) is 0. The fourth-order valence-corrected chi connectivity index (χ4v) is 2.89. The number of nitrogens with zero attached hydrogens (tertiary/aromatic N) is 3. The third-order valence-electron chi connectivity index (χ3n) is 3.84. The van der Waals surface area contributed by atoms with Crippen molar-refractivity contribution in [2.75, 3.05) is 14.2 Å². The molecule has 3 aromatic rings. The second-order valence-corrected chi connectivity index (χ2v) is 6.72. The van der Waals surface area contributed by atoms with E-state index in [2.05, 4.69) is 26.1 Å². The fraction of sp³-hybridized carbons (Fsp3) is 0.211. The molecular weight excluding hydrogens is 398 g/mol. The van der Waals surface area contributed by atoms with Crippen LogP contribution in [0.4, 0.5) is 0 Å². The molecular formula is C19H18BrN3O3. The molecule has 0 spiro atoms. The number of carbonyl (C=O) groups excluding carboxylic acids is 1. The molecule has 0 unspecified atom stereocenters. The van der Waals surface area contributed by atoms with Crippen LogP contribution in [0.5, 0.6) is 5.75 Å². The van der Waals surface area contributed by atoms with Gasteiger partial charge in [0.25, 0.3) is 0 Å². The van der Waals surface area contributed by atoms with Gasteiger partial charge in [0.05, 0.1) is 20.1 Å². The summed E-state index contributed by atoms with van der Waals surface area (Å²) in [6.45, 7) is 0.254. The first-order valence-electron chi connectivity index (χ1n) is 8.00. The Morgan fingerprint density at radius 2 is 2.04 bits per heavy atom. The Morgan fingerprint density at radius 3 is 2.81 bits per heavy atom. The van der Waals surface area contributed by atoms with Crippen molar-refractivity contribution in [3.05, 3.63) is 64.5 Å². The number of methoxy groups -OCH3 is 1. The predicted octanol–water partition coefficient (Wildman–Crippen LogP) is 3.71. The normalized spacial score (nSPS) is 10.6. The number of halogens is 1. The van der Waals surface area contributed by atoms with Gasteiger partial charge in [0, 0.05) is 17.1 Å². The lowest BCUT2D eigenvalue weighted by Gasteiger charge is -2.14. The molecule has 0 aliphatic rings. The van der Waals surface area contributed by atoms with E-state index in [-0.39, 0.29) is 12.5 Å². The standard InChI is InChI=1S/C19H18BrN3O3/c1-23(18(24)10-13-5-3-7-15(20)9-13)12-17-21-19(22-26-17)14-6-4-8-16(11-14)25-2/h3-9,11H,10,12H2,1-2H3. The number of amides is 1. The molecule has 0 fully saturated rings. The Morgan fingerprint density at radius 1 is 1.23 bits per heavy atom. The second kappa shape index (κ2) is 8.14. The highest BCUT2D eigenvalue weighted by atomic mass is 79.9. The number of aromatic nitrogens is 2. The molecule has 26 heavy (non-hydrogen) atoms. The molecule has 0 bridgehead atoms. The van der Waals surface area contributed by atoms with Crippen LogP contribution in [0.2, 0.25) is 0 Å². The lowest BCUT2D eigenvalue weighted by atomic mass is 10.1. The number of rotatable bonds is 6. The van der Waals surface area contributed by atoms with Crippen molar-refractivity contribution in [2.45, 2.75) is 13.0 Å². The molecule has 1 amide bonds. The molecule has 0 aliphatic heterocycles. The first-order chi connectivity index (χ1) is 12.5. The van der Waals surface area contributed by atoms with Crippen LogP contribution in [0.1, 0.15) is 11.5 Å². The van der Waals surface area contributed by atoms with Crippen LogP contribution in [0, 0.1) is 0 Å². The largest absolute Gasteiger partial charge is 0.497 e. The average Bonchev–Trinajstić information content (AvgIpc) is 3.10. The Kier molecular flexibility index (Phi) is 5.68. The molecule has 7 heteroatoms. The molecule has 0 N–H and O–H groups in total. The highest BCUT2D eigenvalue weighted by molar-refractivity contribution is 9.10. The topological polar surface area (TPSA) is 68.5 Å². The van der Waals surface area contributed by atoms with E-state index in [9.17, 15) is 4.79 Å². The quantitative estimate of drug-likeness (QED) is 0.613. The zero-order chi connectivity index (χ0) is 18.5. The molecule has 0 saturated carbocycles. The average molecular weight is 416 g/mol. The van der Waals surface area contributed by atoms with E-state index >= 15 is 0 Å². The number of hydrogen-bond acceptors (Lipinski definition) is 5. The number of carbonyl (C=O) groups is 1. The summed E-state index contributed by atoms with van der Waals surface area (Å²) in [4.78, 5) is 18.3. The molecule has 0 aliphatic carbocycles. The van der Waals surface area contributed by atoms with E-state index in [1.54, 1.807) is 19.1 Å². The molecule has 0 atom stereocenters. The van der Waals surface area contributed by atoms with Crippen LogP contribution >= 0.6 is 15.9 Å². The molecule has 0 saturated heterocycles. The van der Waals surface area contributed by atoms with Crippen LogP contribution in [0.15, 0.2) is 57.5 Å². The van der Waals surface area contributed by atoms with Gasteiger partial charge in [-0.15, -0.1) is 0 Å². The summed E-state index contributed by atoms with van der Waals surface area (Å²) in [5, 5.41) is 3.98. The minimum Gasteiger partial charge on any atom is -0.497 e. The van der Waals surface area contributed by atoms with E-state index < -0.39 is 0 Å². The first kappa shape index (κ1) is 18.1. The van der Waals surface area contributed by atoms with Gasteiger partial charge < -0.3 is 14.2 Å². The molecule has 1 aromatic heterocycles. The summed E-state index contributed by atoms with van der Waals surface area (Å²) >= 11 is 3.41. The smallest absolute Gasteiger partial charge is 0.246 e. The van der Waals surface area contributed by atoms with Crippen LogP contribution in [0.3, 0.4) is 0 Å². The maximum absolute atomic E-state index is 12.4. The van der Waals surface area contributed by atoms with Crippen LogP contribution < -0.4 is 4.74 Å². The van der Waals surface area contributed by atoms with E-state index in [4.69, 9.17) is 9.26 Å². The Bertz CT molecular complexity index is 910. The van der Waals surface area contributed by atoms with Gasteiger partial charge in [-0.1, -0.05) is 45.4 Å². The van der Waals surface area contributed by atoms with E-state index in [1.807, 2.05) is 48.5 Å². The monoisotopic (exact) mass is 415 g/mol. The molecule has 0 radical (unpaired) electrons. The Balaban J connectivity index is 1.65. The van der Waals surface area contributed by atoms with E-state index in [1.165, 1.54) is 0 Å². The third-order valence-corrected chi connectivity index (χ3v) is 4.33. The first-order valence-corrected chi connectivity index (χ1v) is 8.80. The number of likely N-dealkylation sites (N-methyl/N-ethyl adjacent to an activating group) is 1. The van der Waals surface area contributed by atoms with Gasteiger partial charge in [-0.25, -0.2) is 0 Å². The molecule has 2 aromatic carbocycles. The lowest BCUT2D eigenvalue weighted by molar-refractivity contribution is -0.130. The summed E-state index contributed by atoms with van der Waals surface area (Å²) in [7, 11) is 3.32. The van der Waals surface area contributed by atoms with Gasteiger partial charge in [0.2, 0.25) is 17.6 Å². The maximum atomic E-state index is 12.4. The van der Waals surface area contributed by atoms with Gasteiger partial charge in [-0.05, 0) is 29.8 Å². The van der Waals surface area contributed by atoms with Gasteiger partial charge in [0.15, 0.2) is 0 Å². The lowest BCUT2D eigenvalue weighted by Crippen LogP contribution is -2.27. The van der Waals surface area contributed by atoms with Crippen molar-refractivity contribution in [2.24, 2.45) is 0 Å². The molecule has 1 heterocycles. The summed E-state index contributed by atoms with van der Waals surface area (Å²) in [6, 6.07) is 15.1. The molecule has 134 valence electrons. The summed E-state index contributed by atoms with van der Waals surface area (Å²) in [5.74, 6) is 1.54. The van der Waals surface area contributed by atoms with Crippen LogP contribution in [-0.2, 0) is 17.8 Å². The van der Waals surface area contributed by atoms with Gasteiger partial charge in [-0.3, -0.25) is 4.79 Å². The minimum absolute atomic E-state index is 0.0239. The Hall–Kier alpha value is -2.67. The molecule has 3 rings (SSSR count). The summed E-state index contributed by atoms with van der Waals surface area (Å²) < 4.78 is 11.4. The van der Waals surface area contributed by atoms with Crippen molar-refractivity contribution in [3.8, 4) is 17.1 Å². The summed E-state index contributed by atoms with van der Waals surface area (Å²) in [6.07, 6.45) is 0.312. The third kappa shape index (κ3) is 4.49. The van der Waals surface area contributed by atoms with Crippen molar-refractivity contribution in [1.29, 1.82) is 0 Å². The SMILES string of the molecule is COc1cccc(-c2noc(CN(C)C(=O)Cc3cccc(Br)c3)n2)c1. The number of ether oxygens (including phenoxy) is 1.